The summed E-state index contributed by atoms with van der Waals surface area (Å²) in [6.45, 7) is 6.59. The van der Waals surface area contributed by atoms with Crippen LogP contribution in [0.15, 0.2) is 0 Å². The number of Topliss-reactive ketones (excluding diaryl/α,β-unsaturated/α-hetero) is 1. The van der Waals surface area contributed by atoms with Gasteiger partial charge in [-0.15, -0.1) is 0 Å². The summed E-state index contributed by atoms with van der Waals surface area (Å²) in [5, 5.41) is 0. The van der Waals surface area contributed by atoms with Crippen LogP contribution < -0.4 is 0 Å². The fraction of sp³-hybridized carbons (Fsp3) is 0.750. The molecule has 0 aliphatic carbocycles. The maximum absolute atomic E-state index is 12.0. The predicted molar refractivity (Wildman–Crippen MR) is 60.7 cm³/mol. The Bertz CT molecular complexity index is 360. The first-order valence-corrected chi connectivity index (χ1v) is 5.90. The Morgan fingerprint density at radius 3 is 2.17 bits per heavy atom. The number of hydrogen-bond donors (Lipinski definition) is 0. The van der Waals surface area contributed by atoms with Crippen LogP contribution in [0.2, 0.25) is 0 Å². The van der Waals surface area contributed by atoms with Crippen LogP contribution in [-0.4, -0.2) is 42.6 Å². The number of carbonyl (C=O) groups excluding carboxylic acids is 3. The molecule has 6 nitrogen and oxygen atoms in total. The Balaban J connectivity index is 2.96. The van der Waals surface area contributed by atoms with Gasteiger partial charge in [-0.2, -0.15) is 0 Å². The van der Waals surface area contributed by atoms with Crippen molar-refractivity contribution >= 4 is 17.7 Å². The zero-order chi connectivity index (χ0) is 13.9. The Labute approximate surface area is 106 Å². The van der Waals surface area contributed by atoms with Gasteiger partial charge in [-0.25, -0.2) is 4.79 Å². The highest BCUT2D eigenvalue weighted by molar-refractivity contribution is 6.08. The average Bonchev–Trinajstić information content (AvgIpc) is 2.51. The molecule has 18 heavy (non-hydrogen) atoms. The van der Waals surface area contributed by atoms with Crippen molar-refractivity contribution in [3.05, 3.63) is 0 Å². The lowest BCUT2D eigenvalue weighted by Gasteiger charge is -2.16. The van der Waals surface area contributed by atoms with Crippen molar-refractivity contribution in [2.75, 3.05) is 13.2 Å². The highest BCUT2D eigenvalue weighted by Crippen LogP contribution is 2.32. The standard InChI is InChI=1S/C12H18O6/c1-5-16-10(14)7-8(11(15)17-6-2)18-12(3,4)9(7)13/h7-8H,5-6H2,1-4H3. The zero-order valence-electron chi connectivity index (χ0n) is 11.0. The first kappa shape index (κ1) is 14.6. The minimum atomic E-state index is -1.24. The molecule has 0 aromatic carbocycles. The highest BCUT2D eigenvalue weighted by Gasteiger charge is 2.56. The minimum Gasteiger partial charge on any atom is -0.465 e. The Morgan fingerprint density at radius 2 is 1.67 bits per heavy atom. The van der Waals surface area contributed by atoms with Crippen molar-refractivity contribution in [3.63, 3.8) is 0 Å². The molecule has 1 aliphatic rings. The number of rotatable bonds is 4. The molecule has 1 aliphatic heterocycles. The van der Waals surface area contributed by atoms with Gasteiger partial charge in [0.2, 0.25) is 0 Å². The van der Waals surface area contributed by atoms with Gasteiger partial charge in [0.1, 0.15) is 5.60 Å². The fourth-order valence-electron chi connectivity index (χ4n) is 1.83. The Morgan fingerprint density at radius 1 is 1.17 bits per heavy atom. The lowest BCUT2D eigenvalue weighted by molar-refractivity contribution is -0.167. The van der Waals surface area contributed by atoms with Gasteiger partial charge in [0, 0.05) is 0 Å². The predicted octanol–water partition coefficient (Wildman–Crippen LogP) is 0.475. The van der Waals surface area contributed by atoms with E-state index in [0.717, 1.165) is 0 Å². The molecule has 2 unspecified atom stereocenters. The smallest absolute Gasteiger partial charge is 0.336 e. The second kappa shape index (κ2) is 5.48. The van der Waals surface area contributed by atoms with E-state index in [-0.39, 0.29) is 13.2 Å². The van der Waals surface area contributed by atoms with Crippen molar-refractivity contribution in [3.8, 4) is 0 Å². The molecule has 0 saturated carbocycles. The third-order valence-electron chi connectivity index (χ3n) is 2.66. The molecule has 2 atom stereocenters. The van der Waals surface area contributed by atoms with Gasteiger partial charge in [0.05, 0.1) is 13.2 Å². The molecular weight excluding hydrogens is 240 g/mol. The molecule has 1 saturated heterocycles. The van der Waals surface area contributed by atoms with Gasteiger partial charge in [-0.3, -0.25) is 9.59 Å². The van der Waals surface area contributed by atoms with E-state index in [2.05, 4.69) is 0 Å². The van der Waals surface area contributed by atoms with Crippen molar-refractivity contribution < 1.29 is 28.6 Å². The van der Waals surface area contributed by atoms with E-state index in [4.69, 9.17) is 14.2 Å². The molecule has 0 aromatic heterocycles. The molecule has 1 heterocycles. The van der Waals surface area contributed by atoms with Crippen LogP contribution in [0.25, 0.3) is 0 Å². The largest absolute Gasteiger partial charge is 0.465 e. The van der Waals surface area contributed by atoms with Gasteiger partial charge in [-0.05, 0) is 27.7 Å². The SMILES string of the molecule is CCOC(=O)C1OC(C)(C)C(=O)C1C(=O)OCC. The van der Waals surface area contributed by atoms with Crippen LogP contribution in [0.5, 0.6) is 0 Å². The zero-order valence-corrected chi connectivity index (χ0v) is 11.0. The fourth-order valence-corrected chi connectivity index (χ4v) is 1.83. The maximum atomic E-state index is 12.0. The normalized spacial score (nSPS) is 25.9. The second-order valence-corrected chi connectivity index (χ2v) is 4.39. The molecule has 1 fully saturated rings. The summed E-state index contributed by atoms with van der Waals surface area (Å²) in [6.07, 6.45) is -1.22. The van der Waals surface area contributed by atoms with E-state index < -0.39 is 35.3 Å². The molecule has 0 N–H and O–H groups in total. The summed E-state index contributed by atoms with van der Waals surface area (Å²) in [4.78, 5) is 35.5. The summed E-state index contributed by atoms with van der Waals surface area (Å²) in [7, 11) is 0. The number of esters is 2. The van der Waals surface area contributed by atoms with E-state index in [1.165, 1.54) is 13.8 Å². The van der Waals surface area contributed by atoms with Crippen LogP contribution >= 0.6 is 0 Å². The third-order valence-corrected chi connectivity index (χ3v) is 2.66. The quantitative estimate of drug-likeness (QED) is 0.539. The maximum Gasteiger partial charge on any atom is 0.336 e. The van der Waals surface area contributed by atoms with Crippen molar-refractivity contribution in [1.82, 2.24) is 0 Å². The lowest BCUT2D eigenvalue weighted by Crippen LogP contribution is -2.37. The monoisotopic (exact) mass is 258 g/mol. The van der Waals surface area contributed by atoms with E-state index in [1.54, 1.807) is 13.8 Å². The first-order valence-electron chi connectivity index (χ1n) is 5.90. The summed E-state index contributed by atoms with van der Waals surface area (Å²) >= 11 is 0. The molecule has 0 amide bonds. The van der Waals surface area contributed by atoms with Crippen LogP contribution in [0.4, 0.5) is 0 Å². The number of carbonyl (C=O) groups is 3. The number of hydrogen-bond acceptors (Lipinski definition) is 6. The Hall–Kier alpha value is -1.43. The van der Waals surface area contributed by atoms with Crippen molar-refractivity contribution in [2.45, 2.75) is 39.4 Å². The summed E-state index contributed by atoms with van der Waals surface area (Å²) in [5.41, 5.74) is -1.19. The van der Waals surface area contributed by atoms with Gasteiger partial charge in [0.15, 0.2) is 17.8 Å². The van der Waals surface area contributed by atoms with Gasteiger partial charge < -0.3 is 14.2 Å². The number of ketones is 1. The van der Waals surface area contributed by atoms with Crippen LogP contribution in [-0.2, 0) is 28.6 Å². The van der Waals surface area contributed by atoms with E-state index in [9.17, 15) is 14.4 Å². The molecule has 0 radical (unpaired) electrons. The van der Waals surface area contributed by atoms with Crippen LogP contribution in [0.3, 0.4) is 0 Å². The molecule has 0 aromatic rings. The second-order valence-electron chi connectivity index (χ2n) is 4.39. The topological polar surface area (TPSA) is 78.9 Å². The van der Waals surface area contributed by atoms with Crippen LogP contribution in [0, 0.1) is 5.92 Å². The highest BCUT2D eigenvalue weighted by atomic mass is 16.6. The number of ether oxygens (including phenoxy) is 3. The molecule has 1 rings (SSSR count). The summed E-state index contributed by atoms with van der Waals surface area (Å²) in [6, 6.07) is 0. The molecular formula is C12H18O6. The van der Waals surface area contributed by atoms with Crippen molar-refractivity contribution in [2.24, 2.45) is 5.92 Å². The Kier molecular flexibility index (Phi) is 4.45. The first-order chi connectivity index (χ1) is 8.35. The summed E-state index contributed by atoms with van der Waals surface area (Å²) in [5.74, 6) is -3.15. The van der Waals surface area contributed by atoms with Crippen molar-refractivity contribution in [1.29, 1.82) is 0 Å². The van der Waals surface area contributed by atoms with E-state index in [1.807, 2.05) is 0 Å². The molecule has 6 heteroatoms. The van der Waals surface area contributed by atoms with Gasteiger partial charge in [-0.1, -0.05) is 0 Å². The lowest BCUT2D eigenvalue weighted by atomic mass is 9.92. The molecule has 0 spiro atoms. The minimum absolute atomic E-state index is 0.137. The van der Waals surface area contributed by atoms with Gasteiger partial charge in [0.25, 0.3) is 0 Å². The van der Waals surface area contributed by atoms with E-state index >= 15 is 0 Å². The van der Waals surface area contributed by atoms with E-state index in [0.29, 0.717) is 0 Å². The average molecular weight is 258 g/mol. The summed E-state index contributed by atoms with van der Waals surface area (Å²) < 4.78 is 14.9. The molecule has 0 bridgehead atoms. The van der Waals surface area contributed by atoms with Crippen LogP contribution in [0.1, 0.15) is 27.7 Å². The van der Waals surface area contributed by atoms with Gasteiger partial charge >= 0.3 is 11.9 Å². The third kappa shape index (κ3) is 2.69. The molecule has 102 valence electrons.